The highest BCUT2D eigenvalue weighted by atomic mass is 16.3. The van der Waals surface area contributed by atoms with Gasteiger partial charge in [0, 0.05) is 0 Å². The Morgan fingerprint density at radius 2 is 2.67 bits per heavy atom. The van der Waals surface area contributed by atoms with Gasteiger partial charge < -0.3 is 4.42 Å². The summed E-state index contributed by atoms with van der Waals surface area (Å²) in [6.07, 6.45) is 8.57. The van der Waals surface area contributed by atoms with E-state index in [1.54, 1.807) is 0 Å². The lowest BCUT2D eigenvalue weighted by Crippen LogP contribution is -1.90. The van der Waals surface area contributed by atoms with E-state index in [9.17, 15) is 0 Å². The van der Waals surface area contributed by atoms with Gasteiger partial charge in [-0.1, -0.05) is 6.08 Å². The third-order valence-corrected chi connectivity index (χ3v) is 1.44. The normalized spacial score (nSPS) is 15.6. The maximum atomic E-state index is 4.93. The first kappa shape index (κ1) is 4.79. The molecule has 0 saturated heterocycles. The number of aromatic nitrogens is 1. The summed E-state index contributed by atoms with van der Waals surface area (Å²) in [6, 6.07) is 0. The van der Waals surface area contributed by atoms with Crippen LogP contribution in [-0.2, 0) is 6.42 Å². The van der Waals surface area contributed by atoms with Crippen LogP contribution in [0.25, 0.3) is 6.08 Å². The van der Waals surface area contributed by atoms with Crippen molar-refractivity contribution in [1.29, 1.82) is 0 Å². The number of oxazole rings is 1. The molecular weight excluding hydrogens is 114 g/mol. The molecule has 0 aliphatic heterocycles. The van der Waals surface area contributed by atoms with Gasteiger partial charge in [-0.05, 0) is 18.9 Å². The van der Waals surface area contributed by atoms with Crippen LogP contribution >= 0.6 is 0 Å². The van der Waals surface area contributed by atoms with Crippen LogP contribution in [0.1, 0.15) is 17.9 Å². The molecule has 9 heavy (non-hydrogen) atoms. The molecule has 0 unspecified atom stereocenters. The molecule has 0 saturated carbocycles. The average molecular weight is 120 g/mol. The molecule has 0 spiro atoms. The van der Waals surface area contributed by atoms with Crippen molar-refractivity contribution in [2.45, 2.75) is 12.8 Å². The SMILES string of the molecule is [c]1nc2c(o1)C=CCC2. The summed E-state index contributed by atoms with van der Waals surface area (Å²) in [7, 11) is 0. The Bertz CT molecular complexity index is 237. The standard InChI is InChI=1S/C7H6NO/c1-2-4-7-6(3-1)8-5-9-7/h2,4H,1,3H2. The summed E-state index contributed by atoms with van der Waals surface area (Å²) < 4.78 is 4.93. The highest BCUT2D eigenvalue weighted by Gasteiger charge is 2.07. The summed E-state index contributed by atoms with van der Waals surface area (Å²) in [6.45, 7) is 0. The number of allylic oxidation sites excluding steroid dienone is 1. The van der Waals surface area contributed by atoms with Crippen molar-refractivity contribution < 1.29 is 4.42 Å². The zero-order valence-electron chi connectivity index (χ0n) is 4.92. The molecule has 2 rings (SSSR count). The molecule has 2 heteroatoms. The molecule has 1 radical (unpaired) electrons. The molecular formula is C7H6NO. The van der Waals surface area contributed by atoms with Crippen LogP contribution in [0.2, 0.25) is 0 Å². The largest absolute Gasteiger partial charge is 0.433 e. The molecule has 45 valence electrons. The maximum absolute atomic E-state index is 4.93. The topological polar surface area (TPSA) is 26.0 Å². The lowest BCUT2D eigenvalue weighted by molar-refractivity contribution is 0.535. The van der Waals surface area contributed by atoms with E-state index in [0.717, 1.165) is 24.3 Å². The number of rotatable bonds is 0. The van der Waals surface area contributed by atoms with Crippen molar-refractivity contribution in [1.82, 2.24) is 4.98 Å². The third-order valence-electron chi connectivity index (χ3n) is 1.44. The van der Waals surface area contributed by atoms with Crippen molar-refractivity contribution in [3.05, 3.63) is 23.9 Å². The lowest BCUT2D eigenvalue weighted by Gasteiger charge is -1.97. The minimum atomic E-state index is 0.876. The first-order valence-corrected chi connectivity index (χ1v) is 2.99. The molecule has 0 bridgehead atoms. The van der Waals surface area contributed by atoms with E-state index >= 15 is 0 Å². The van der Waals surface area contributed by atoms with E-state index in [4.69, 9.17) is 4.42 Å². The number of hydrogen-bond acceptors (Lipinski definition) is 2. The van der Waals surface area contributed by atoms with E-state index < -0.39 is 0 Å². The van der Waals surface area contributed by atoms with E-state index in [1.165, 1.54) is 0 Å². The fourth-order valence-corrected chi connectivity index (χ4v) is 0.961. The van der Waals surface area contributed by atoms with E-state index in [2.05, 4.69) is 17.5 Å². The van der Waals surface area contributed by atoms with Gasteiger partial charge in [-0.15, -0.1) is 0 Å². The van der Waals surface area contributed by atoms with E-state index in [0.29, 0.717) is 0 Å². The molecule has 0 N–H and O–H groups in total. The predicted octanol–water partition coefficient (Wildman–Crippen LogP) is 1.43. The van der Waals surface area contributed by atoms with Crippen LogP contribution in [0.3, 0.4) is 0 Å². The van der Waals surface area contributed by atoms with Crippen LogP contribution in [0.5, 0.6) is 0 Å². The van der Waals surface area contributed by atoms with Gasteiger partial charge in [-0.3, -0.25) is 0 Å². The third kappa shape index (κ3) is 0.669. The fraction of sp³-hybridized carbons (Fsp3) is 0.286. The van der Waals surface area contributed by atoms with Gasteiger partial charge in [0.25, 0.3) is 6.39 Å². The van der Waals surface area contributed by atoms with Crippen LogP contribution < -0.4 is 0 Å². The first-order chi connectivity index (χ1) is 4.47. The second kappa shape index (κ2) is 1.72. The predicted molar refractivity (Wildman–Crippen MR) is 32.7 cm³/mol. The average Bonchev–Trinajstić information content (AvgIpc) is 2.33. The van der Waals surface area contributed by atoms with Gasteiger partial charge in [0.2, 0.25) is 0 Å². The summed E-state index contributed by atoms with van der Waals surface area (Å²) in [5.74, 6) is 0.876. The van der Waals surface area contributed by atoms with Gasteiger partial charge in [0.1, 0.15) is 0 Å². The second-order valence-corrected chi connectivity index (χ2v) is 2.06. The molecule has 1 aromatic heterocycles. The maximum Gasteiger partial charge on any atom is 0.284 e. The monoisotopic (exact) mass is 120 g/mol. The Morgan fingerprint density at radius 1 is 1.67 bits per heavy atom. The number of fused-ring (bicyclic) bond motifs is 1. The van der Waals surface area contributed by atoms with Crippen molar-refractivity contribution in [2.24, 2.45) is 0 Å². The molecule has 0 atom stereocenters. The molecule has 0 fully saturated rings. The van der Waals surface area contributed by atoms with Crippen LogP contribution in [0.4, 0.5) is 0 Å². The zero-order chi connectivity index (χ0) is 6.10. The van der Waals surface area contributed by atoms with Crippen LogP contribution in [-0.4, -0.2) is 4.98 Å². The molecule has 1 aliphatic carbocycles. The highest BCUT2D eigenvalue weighted by molar-refractivity contribution is 5.47. The zero-order valence-corrected chi connectivity index (χ0v) is 4.92. The van der Waals surface area contributed by atoms with Crippen LogP contribution in [0, 0.1) is 6.39 Å². The Balaban J connectivity index is 2.53. The summed E-state index contributed by atoms with van der Waals surface area (Å²) in [5, 5.41) is 0. The first-order valence-electron chi connectivity index (χ1n) is 2.99. The van der Waals surface area contributed by atoms with Crippen molar-refractivity contribution >= 4 is 6.08 Å². The Labute approximate surface area is 53.2 Å². The minimum absolute atomic E-state index is 0.876. The van der Waals surface area contributed by atoms with Gasteiger partial charge in [-0.25, -0.2) is 4.98 Å². The Morgan fingerprint density at radius 3 is 3.56 bits per heavy atom. The van der Waals surface area contributed by atoms with Crippen molar-refractivity contribution in [3.8, 4) is 0 Å². The van der Waals surface area contributed by atoms with E-state index in [-0.39, 0.29) is 0 Å². The van der Waals surface area contributed by atoms with Gasteiger partial charge in [-0.2, -0.15) is 0 Å². The summed E-state index contributed by atoms with van der Waals surface area (Å²) in [4.78, 5) is 3.91. The summed E-state index contributed by atoms with van der Waals surface area (Å²) in [5.41, 5.74) is 1.04. The smallest absolute Gasteiger partial charge is 0.284 e. The van der Waals surface area contributed by atoms with Gasteiger partial charge >= 0.3 is 0 Å². The minimum Gasteiger partial charge on any atom is -0.433 e. The molecule has 1 heterocycles. The Kier molecular flexibility index (Phi) is 0.918. The molecule has 2 nitrogen and oxygen atoms in total. The second-order valence-electron chi connectivity index (χ2n) is 2.06. The Hall–Kier alpha value is -1.05. The number of aryl methyl sites for hydroxylation is 1. The highest BCUT2D eigenvalue weighted by Crippen LogP contribution is 2.15. The van der Waals surface area contributed by atoms with Gasteiger partial charge in [0.05, 0.1) is 5.69 Å². The number of hydrogen-bond donors (Lipinski definition) is 0. The van der Waals surface area contributed by atoms with Crippen molar-refractivity contribution in [2.75, 3.05) is 0 Å². The van der Waals surface area contributed by atoms with Gasteiger partial charge in [0.15, 0.2) is 5.76 Å². The molecule has 0 aromatic carbocycles. The molecule has 1 aliphatic rings. The fourth-order valence-electron chi connectivity index (χ4n) is 0.961. The quantitative estimate of drug-likeness (QED) is 0.517. The summed E-state index contributed by atoms with van der Waals surface area (Å²) >= 11 is 0. The lowest BCUT2D eigenvalue weighted by atomic mass is 10.1. The van der Waals surface area contributed by atoms with Crippen LogP contribution in [0.15, 0.2) is 10.5 Å². The van der Waals surface area contributed by atoms with E-state index in [1.807, 2.05) is 6.08 Å². The molecule has 1 aromatic rings. The van der Waals surface area contributed by atoms with Crippen molar-refractivity contribution in [3.63, 3.8) is 0 Å². The molecule has 0 amide bonds. The number of nitrogens with zero attached hydrogens (tertiary/aromatic N) is 1.